The molecule has 2 atom stereocenters. The van der Waals surface area contributed by atoms with Crippen molar-refractivity contribution < 1.29 is 9.90 Å². The Morgan fingerprint density at radius 3 is 2.88 bits per heavy atom. The van der Waals surface area contributed by atoms with Crippen LogP contribution in [0.15, 0.2) is 12.1 Å². The molecule has 1 amide bonds. The lowest BCUT2D eigenvalue weighted by molar-refractivity contribution is 0.0931. The fraction of sp³-hybridized carbons (Fsp3) is 0.500. The summed E-state index contributed by atoms with van der Waals surface area (Å²) >= 11 is 7.00. The quantitative estimate of drug-likeness (QED) is 0.784. The first-order chi connectivity index (χ1) is 7.66. The van der Waals surface area contributed by atoms with Crippen molar-refractivity contribution in [2.24, 2.45) is 5.92 Å². The van der Waals surface area contributed by atoms with E-state index in [4.69, 9.17) is 11.6 Å². The molecule has 0 spiro atoms. The molecule has 1 aliphatic rings. The van der Waals surface area contributed by atoms with Crippen molar-refractivity contribution in [1.29, 1.82) is 0 Å². The van der Waals surface area contributed by atoms with Crippen LogP contribution >= 0.6 is 35.3 Å². The van der Waals surface area contributed by atoms with Crippen molar-refractivity contribution in [2.45, 2.75) is 6.10 Å². The van der Waals surface area contributed by atoms with Crippen molar-refractivity contribution in [1.82, 2.24) is 10.6 Å². The Morgan fingerprint density at radius 1 is 1.59 bits per heavy atom. The second-order valence-electron chi connectivity index (χ2n) is 3.80. The summed E-state index contributed by atoms with van der Waals surface area (Å²) in [5, 5.41) is 15.4. The van der Waals surface area contributed by atoms with Crippen LogP contribution < -0.4 is 10.6 Å². The lowest BCUT2D eigenvalue weighted by Gasteiger charge is -2.13. The molecule has 0 bridgehead atoms. The molecule has 0 saturated carbocycles. The summed E-state index contributed by atoms with van der Waals surface area (Å²) in [6, 6.07) is 3.40. The SMILES string of the molecule is Cl.O=C(NCC1CNCC1O)c1ccc(Cl)s1. The van der Waals surface area contributed by atoms with E-state index < -0.39 is 0 Å². The van der Waals surface area contributed by atoms with E-state index in [1.165, 1.54) is 11.3 Å². The van der Waals surface area contributed by atoms with Crippen molar-refractivity contribution in [3.8, 4) is 0 Å². The van der Waals surface area contributed by atoms with Gasteiger partial charge in [0.25, 0.3) is 5.91 Å². The van der Waals surface area contributed by atoms with Crippen molar-refractivity contribution in [3.05, 3.63) is 21.3 Å². The molecule has 17 heavy (non-hydrogen) atoms. The summed E-state index contributed by atoms with van der Waals surface area (Å²) in [5.41, 5.74) is 0. The van der Waals surface area contributed by atoms with Gasteiger partial charge in [-0.3, -0.25) is 4.79 Å². The van der Waals surface area contributed by atoms with Crippen LogP contribution in [0, 0.1) is 5.92 Å². The Kier molecular flexibility index (Phi) is 5.69. The third-order valence-corrected chi connectivity index (χ3v) is 3.86. The molecular formula is C10H14Cl2N2O2S. The number of aliphatic hydroxyl groups is 1. The number of rotatable bonds is 3. The highest BCUT2D eigenvalue weighted by Gasteiger charge is 2.25. The fourth-order valence-electron chi connectivity index (χ4n) is 1.67. The lowest BCUT2D eigenvalue weighted by atomic mass is 10.1. The van der Waals surface area contributed by atoms with Crippen molar-refractivity contribution >= 4 is 41.3 Å². The van der Waals surface area contributed by atoms with E-state index in [9.17, 15) is 9.90 Å². The Hall–Kier alpha value is -0.330. The fourth-order valence-corrected chi connectivity index (χ4v) is 2.63. The molecular weight excluding hydrogens is 283 g/mol. The van der Waals surface area contributed by atoms with Crippen LogP contribution in [0.3, 0.4) is 0 Å². The molecule has 96 valence electrons. The van der Waals surface area contributed by atoms with E-state index in [1.807, 2.05) is 0 Å². The van der Waals surface area contributed by atoms with Gasteiger partial charge in [0.1, 0.15) is 0 Å². The zero-order chi connectivity index (χ0) is 11.5. The van der Waals surface area contributed by atoms with E-state index in [0.29, 0.717) is 22.3 Å². The van der Waals surface area contributed by atoms with Gasteiger partial charge in [-0.05, 0) is 12.1 Å². The molecule has 1 saturated heterocycles. The van der Waals surface area contributed by atoms with Crippen LogP contribution in [0.4, 0.5) is 0 Å². The zero-order valence-electron chi connectivity index (χ0n) is 8.98. The molecule has 1 aliphatic heterocycles. The van der Waals surface area contributed by atoms with Gasteiger partial charge in [0.05, 0.1) is 15.3 Å². The number of hydrogen-bond donors (Lipinski definition) is 3. The third-order valence-electron chi connectivity index (χ3n) is 2.63. The van der Waals surface area contributed by atoms with Gasteiger partial charge >= 0.3 is 0 Å². The first-order valence-electron chi connectivity index (χ1n) is 5.09. The second kappa shape index (κ2) is 6.56. The maximum absolute atomic E-state index is 11.7. The summed E-state index contributed by atoms with van der Waals surface area (Å²) < 4.78 is 0.604. The highest BCUT2D eigenvalue weighted by Crippen LogP contribution is 2.21. The van der Waals surface area contributed by atoms with Crippen molar-refractivity contribution in [3.63, 3.8) is 0 Å². The average molecular weight is 297 g/mol. The van der Waals surface area contributed by atoms with Crippen LogP contribution in [0.25, 0.3) is 0 Å². The molecule has 0 aliphatic carbocycles. The van der Waals surface area contributed by atoms with Crippen LogP contribution in [-0.4, -0.2) is 36.8 Å². The summed E-state index contributed by atoms with van der Waals surface area (Å²) in [6.07, 6.45) is -0.368. The number of hydrogen-bond acceptors (Lipinski definition) is 4. The van der Waals surface area contributed by atoms with Crippen molar-refractivity contribution in [2.75, 3.05) is 19.6 Å². The highest BCUT2D eigenvalue weighted by molar-refractivity contribution is 7.17. The summed E-state index contributed by atoms with van der Waals surface area (Å²) in [5.74, 6) is -0.0321. The van der Waals surface area contributed by atoms with Gasteiger partial charge in [0.2, 0.25) is 0 Å². The Bertz CT molecular complexity index is 386. The van der Waals surface area contributed by atoms with E-state index >= 15 is 0 Å². The monoisotopic (exact) mass is 296 g/mol. The van der Waals surface area contributed by atoms with Gasteiger partial charge in [-0.1, -0.05) is 11.6 Å². The van der Waals surface area contributed by atoms with Gasteiger partial charge in [-0.25, -0.2) is 0 Å². The Morgan fingerprint density at radius 2 is 2.35 bits per heavy atom. The molecule has 1 fully saturated rings. The van der Waals surface area contributed by atoms with E-state index in [0.717, 1.165) is 6.54 Å². The molecule has 0 radical (unpaired) electrons. The second-order valence-corrected chi connectivity index (χ2v) is 5.51. The zero-order valence-corrected chi connectivity index (χ0v) is 11.4. The third kappa shape index (κ3) is 3.82. The van der Waals surface area contributed by atoms with Crippen LogP contribution in [0.1, 0.15) is 9.67 Å². The maximum atomic E-state index is 11.7. The summed E-state index contributed by atoms with van der Waals surface area (Å²) in [7, 11) is 0. The Labute approximate surface area is 115 Å². The minimum atomic E-state index is -0.368. The molecule has 0 aromatic carbocycles. The number of nitrogens with one attached hydrogen (secondary N) is 2. The smallest absolute Gasteiger partial charge is 0.261 e. The number of aliphatic hydroxyl groups excluding tert-OH is 1. The predicted molar refractivity (Wildman–Crippen MR) is 71.3 cm³/mol. The molecule has 3 N–H and O–H groups in total. The molecule has 7 heteroatoms. The first-order valence-corrected chi connectivity index (χ1v) is 6.28. The van der Waals surface area contributed by atoms with Gasteiger partial charge in [-0.2, -0.15) is 0 Å². The van der Waals surface area contributed by atoms with E-state index in [-0.39, 0.29) is 30.3 Å². The van der Waals surface area contributed by atoms with E-state index in [1.54, 1.807) is 12.1 Å². The average Bonchev–Trinajstić information content (AvgIpc) is 2.84. The molecule has 2 rings (SSSR count). The number of thiophene rings is 1. The normalized spacial score (nSPS) is 23.2. The Balaban J connectivity index is 0.00000144. The maximum Gasteiger partial charge on any atom is 0.261 e. The largest absolute Gasteiger partial charge is 0.391 e. The molecule has 1 aromatic heterocycles. The minimum Gasteiger partial charge on any atom is -0.391 e. The molecule has 2 unspecified atom stereocenters. The van der Waals surface area contributed by atoms with Gasteiger partial charge < -0.3 is 15.7 Å². The molecule has 1 aromatic rings. The first kappa shape index (κ1) is 14.7. The molecule has 4 nitrogen and oxygen atoms in total. The van der Waals surface area contributed by atoms with E-state index in [2.05, 4.69) is 10.6 Å². The predicted octanol–water partition coefficient (Wildman–Crippen LogP) is 1.13. The van der Waals surface area contributed by atoms with Gasteiger partial charge in [-0.15, -0.1) is 23.7 Å². The standard InChI is InChI=1S/C10H13ClN2O2S.ClH/c11-9-2-1-8(16-9)10(15)13-4-6-3-12-5-7(6)14;/h1-2,6-7,12,14H,3-5H2,(H,13,15);1H. The van der Waals surface area contributed by atoms with Gasteiger partial charge in [0.15, 0.2) is 0 Å². The highest BCUT2D eigenvalue weighted by atomic mass is 35.5. The minimum absolute atomic E-state index is 0. The number of amides is 1. The van der Waals surface area contributed by atoms with Crippen LogP contribution in [0.5, 0.6) is 0 Å². The van der Waals surface area contributed by atoms with Crippen LogP contribution in [0.2, 0.25) is 4.34 Å². The number of β-amino-alcohol motifs (C(OH)–C–C–N with tert-alkyl or cyclic N) is 1. The number of carbonyl (C=O) groups is 1. The number of halogens is 2. The summed E-state index contributed by atoms with van der Waals surface area (Å²) in [4.78, 5) is 12.3. The summed E-state index contributed by atoms with van der Waals surface area (Å²) in [6.45, 7) is 1.83. The number of carbonyl (C=O) groups excluding carboxylic acids is 1. The topological polar surface area (TPSA) is 61.4 Å². The molecule has 2 heterocycles. The lowest BCUT2D eigenvalue weighted by Crippen LogP contribution is -2.33. The van der Waals surface area contributed by atoms with Gasteiger partial charge in [0, 0.05) is 25.6 Å². The van der Waals surface area contributed by atoms with Crippen LogP contribution in [-0.2, 0) is 0 Å².